The average molecular weight is 285 g/mol. The van der Waals surface area contributed by atoms with Gasteiger partial charge >= 0.3 is 0 Å². The predicted octanol–water partition coefficient (Wildman–Crippen LogP) is 2.80. The minimum Gasteiger partial charge on any atom is -0.508 e. The molecule has 4 heteroatoms. The van der Waals surface area contributed by atoms with E-state index in [0.717, 1.165) is 36.6 Å². The third kappa shape index (κ3) is 3.28. The van der Waals surface area contributed by atoms with Gasteiger partial charge in [-0.25, -0.2) is 0 Å². The summed E-state index contributed by atoms with van der Waals surface area (Å²) in [6, 6.07) is 13.5. The van der Waals surface area contributed by atoms with Crippen molar-refractivity contribution in [2.45, 2.75) is 13.0 Å². The van der Waals surface area contributed by atoms with Crippen molar-refractivity contribution in [3.63, 3.8) is 0 Å². The number of nitrogens with zero attached hydrogens (tertiary/aromatic N) is 1. The molecule has 1 heterocycles. The molecule has 110 valence electrons. The van der Waals surface area contributed by atoms with Crippen LogP contribution in [-0.2, 0) is 13.0 Å². The van der Waals surface area contributed by atoms with E-state index in [1.54, 1.807) is 6.07 Å². The number of para-hydroxylation sites is 1. The molecule has 4 nitrogen and oxygen atoms in total. The van der Waals surface area contributed by atoms with Crippen molar-refractivity contribution in [2.24, 2.45) is 0 Å². The molecule has 0 unspecified atom stereocenters. The highest BCUT2D eigenvalue weighted by Crippen LogP contribution is 2.32. The number of fused-ring (bicyclic) bond motifs is 1. The Bertz CT molecular complexity index is 627. The van der Waals surface area contributed by atoms with E-state index >= 15 is 0 Å². The van der Waals surface area contributed by atoms with Crippen LogP contribution in [0.5, 0.6) is 17.2 Å². The van der Waals surface area contributed by atoms with Crippen molar-refractivity contribution >= 4 is 0 Å². The van der Waals surface area contributed by atoms with Crippen molar-refractivity contribution in [3.05, 3.63) is 53.6 Å². The van der Waals surface area contributed by atoms with Crippen LogP contribution in [0.25, 0.3) is 0 Å². The molecule has 0 amide bonds. The highest BCUT2D eigenvalue weighted by atomic mass is 16.7. The van der Waals surface area contributed by atoms with Gasteiger partial charge in [0.25, 0.3) is 0 Å². The largest absolute Gasteiger partial charge is 0.508 e. The summed E-state index contributed by atoms with van der Waals surface area (Å²) in [4.78, 5) is 2.19. The standard InChI is InChI=1S/C17H19NO3/c1-18(11-14-4-2-3-5-15(14)19)9-8-13-6-7-16-17(10-13)21-12-20-16/h2-7,10,19H,8-9,11-12H2,1H3. The molecule has 0 aliphatic carbocycles. The molecule has 3 rings (SSSR count). The minimum atomic E-state index is 0.311. The topological polar surface area (TPSA) is 41.9 Å². The zero-order valence-corrected chi connectivity index (χ0v) is 12.1. The second-order valence-corrected chi connectivity index (χ2v) is 5.30. The number of rotatable bonds is 5. The maximum absolute atomic E-state index is 9.79. The highest BCUT2D eigenvalue weighted by Gasteiger charge is 2.13. The smallest absolute Gasteiger partial charge is 0.231 e. The van der Waals surface area contributed by atoms with E-state index < -0.39 is 0 Å². The van der Waals surface area contributed by atoms with Gasteiger partial charge in [0, 0.05) is 18.7 Å². The number of hydrogen-bond acceptors (Lipinski definition) is 4. The number of likely N-dealkylation sites (N-methyl/N-ethyl adjacent to an activating group) is 1. The van der Waals surface area contributed by atoms with Crippen LogP contribution in [0.4, 0.5) is 0 Å². The number of ether oxygens (including phenoxy) is 2. The first kappa shape index (κ1) is 13.8. The van der Waals surface area contributed by atoms with E-state index in [9.17, 15) is 5.11 Å². The Morgan fingerprint density at radius 3 is 2.76 bits per heavy atom. The molecule has 0 saturated carbocycles. The van der Waals surface area contributed by atoms with Crippen molar-refractivity contribution in [1.29, 1.82) is 0 Å². The number of phenolic OH excluding ortho intramolecular Hbond substituents is 1. The molecule has 0 aromatic heterocycles. The molecule has 1 aliphatic heterocycles. The maximum atomic E-state index is 9.79. The lowest BCUT2D eigenvalue weighted by molar-refractivity contribution is 0.174. The zero-order chi connectivity index (χ0) is 14.7. The van der Waals surface area contributed by atoms with Gasteiger partial charge < -0.3 is 19.5 Å². The summed E-state index contributed by atoms with van der Waals surface area (Å²) in [5, 5.41) is 9.79. The maximum Gasteiger partial charge on any atom is 0.231 e. The van der Waals surface area contributed by atoms with Crippen molar-refractivity contribution in [3.8, 4) is 17.2 Å². The molecule has 1 aliphatic rings. The van der Waals surface area contributed by atoms with Crippen LogP contribution >= 0.6 is 0 Å². The van der Waals surface area contributed by atoms with Gasteiger partial charge in [-0.05, 0) is 37.2 Å². The fraction of sp³-hybridized carbons (Fsp3) is 0.294. The molecule has 0 radical (unpaired) electrons. The summed E-state index contributed by atoms with van der Waals surface area (Å²) in [6.07, 6.45) is 0.931. The molecule has 2 aromatic rings. The van der Waals surface area contributed by atoms with Crippen LogP contribution < -0.4 is 9.47 Å². The normalized spacial score (nSPS) is 12.9. The molecule has 2 aromatic carbocycles. The summed E-state index contributed by atoms with van der Waals surface area (Å²) in [5.41, 5.74) is 2.18. The first-order valence-electron chi connectivity index (χ1n) is 7.06. The molecule has 0 atom stereocenters. The Morgan fingerprint density at radius 1 is 1.10 bits per heavy atom. The van der Waals surface area contributed by atoms with Gasteiger partial charge in [-0.2, -0.15) is 0 Å². The van der Waals surface area contributed by atoms with Crippen LogP contribution in [0.1, 0.15) is 11.1 Å². The van der Waals surface area contributed by atoms with E-state index in [2.05, 4.69) is 18.0 Å². The Balaban J connectivity index is 1.56. The van der Waals surface area contributed by atoms with E-state index in [4.69, 9.17) is 9.47 Å². The number of aromatic hydroxyl groups is 1. The van der Waals surface area contributed by atoms with Crippen LogP contribution in [0.2, 0.25) is 0 Å². The van der Waals surface area contributed by atoms with Gasteiger partial charge in [0.05, 0.1) is 0 Å². The van der Waals surface area contributed by atoms with E-state index in [-0.39, 0.29) is 0 Å². The molecule has 0 fully saturated rings. The first-order valence-corrected chi connectivity index (χ1v) is 7.06. The molecular formula is C17H19NO3. The second-order valence-electron chi connectivity index (χ2n) is 5.30. The van der Waals surface area contributed by atoms with Gasteiger partial charge in [0.1, 0.15) is 5.75 Å². The molecule has 21 heavy (non-hydrogen) atoms. The number of hydrogen-bond donors (Lipinski definition) is 1. The van der Waals surface area contributed by atoms with Crippen LogP contribution in [0, 0.1) is 0 Å². The Kier molecular flexibility index (Phi) is 3.97. The zero-order valence-electron chi connectivity index (χ0n) is 12.1. The molecule has 0 saturated heterocycles. The van der Waals surface area contributed by atoms with Gasteiger partial charge in [-0.1, -0.05) is 24.3 Å². The lowest BCUT2D eigenvalue weighted by Crippen LogP contribution is -2.20. The number of benzene rings is 2. The van der Waals surface area contributed by atoms with Gasteiger partial charge in [-0.3, -0.25) is 0 Å². The molecule has 0 bridgehead atoms. The second kappa shape index (κ2) is 6.06. The third-order valence-corrected chi connectivity index (χ3v) is 3.65. The fourth-order valence-electron chi connectivity index (χ4n) is 2.43. The highest BCUT2D eigenvalue weighted by molar-refractivity contribution is 5.44. The lowest BCUT2D eigenvalue weighted by atomic mass is 10.1. The predicted molar refractivity (Wildman–Crippen MR) is 80.7 cm³/mol. The summed E-state index contributed by atoms with van der Waals surface area (Å²) in [5.74, 6) is 2.00. The summed E-state index contributed by atoms with van der Waals surface area (Å²) in [6.45, 7) is 1.96. The van der Waals surface area contributed by atoms with Crippen LogP contribution in [-0.4, -0.2) is 30.4 Å². The average Bonchev–Trinajstić information content (AvgIpc) is 2.95. The lowest BCUT2D eigenvalue weighted by Gasteiger charge is -2.17. The quantitative estimate of drug-likeness (QED) is 0.917. The fourth-order valence-corrected chi connectivity index (χ4v) is 2.43. The number of phenols is 1. The Hall–Kier alpha value is -2.20. The van der Waals surface area contributed by atoms with E-state index in [1.807, 2.05) is 30.3 Å². The molecule has 0 spiro atoms. The van der Waals surface area contributed by atoms with Gasteiger partial charge in [0.2, 0.25) is 6.79 Å². The summed E-state index contributed by atoms with van der Waals surface area (Å²) < 4.78 is 10.7. The molecule has 1 N–H and O–H groups in total. The van der Waals surface area contributed by atoms with E-state index in [0.29, 0.717) is 12.5 Å². The van der Waals surface area contributed by atoms with Crippen molar-refractivity contribution < 1.29 is 14.6 Å². The minimum absolute atomic E-state index is 0.311. The van der Waals surface area contributed by atoms with Crippen molar-refractivity contribution in [2.75, 3.05) is 20.4 Å². The molecular weight excluding hydrogens is 266 g/mol. The van der Waals surface area contributed by atoms with Crippen LogP contribution in [0.15, 0.2) is 42.5 Å². The van der Waals surface area contributed by atoms with Gasteiger partial charge in [-0.15, -0.1) is 0 Å². The SMILES string of the molecule is CN(CCc1ccc2c(c1)OCO2)Cc1ccccc1O. The first-order chi connectivity index (χ1) is 10.2. The monoisotopic (exact) mass is 285 g/mol. The summed E-state index contributed by atoms with van der Waals surface area (Å²) in [7, 11) is 2.05. The van der Waals surface area contributed by atoms with Gasteiger partial charge in [0.15, 0.2) is 11.5 Å². The Morgan fingerprint density at radius 2 is 1.90 bits per heavy atom. The Labute approximate surface area is 124 Å². The van der Waals surface area contributed by atoms with E-state index in [1.165, 1.54) is 5.56 Å². The third-order valence-electron chi connectivity index (χ3n) is 3.65. The summed E-state index contributed by atoms with van der Waals surface area (Å²) >= 11 is 0. The van der Waals surface area contributed by atoms with Crippen molar-refractivity contribution in [1.82, 2.24) is 4.90 Å². The van der Waals surface area contributed by atoms with Crippen LogP contribution in [0.3, 0.4) is 0 Å².